The highest BCUT2D eigenvalue weighted by Crippen LogP contribution is 2.17. The van der Waals surface area contributed by atoms with Crippen molar-refractivity contribution in [3.63, 3.8) is 0 Å². The standard InChI is InChI=1S/C14H20N2O4/c1-9(2)20-13-8-16(7-12(13)17)6-10-4-3-5-11(15-10)14(18)19/h3-5,9,12-13,17H,6-8H2,1-2H3,(H,18,19)/t12-,13-/m0/s1. The number of hydrogen-bond acceptors (Lipinski definition) is 5. The SMILES string of the molecule is CC(C)O[C@H]1CN(Cc2cccc(C(=O)O)n2)C[C@@H]1O. The summed E-state index contributed by atoms with van der Waals surface area (Å²) in [5.41, 5.74) is 0.722. The lowest BCUT2D eigenvalue weighted by Gasteiger charge is -2.18. The van der Waals surface area contributed by atoms with Crippen molar-refractivity contribution in [2.75, 3.05) is 13.1 Å². The minimum absolute atomic E-state index is 0.0391. The Labute approximate surface area is 118 Å². The van der Waals surface area contributed by atoms with E-state index in [2.05, 4.69) is 4.98 Å². The van der Waals surface area contributed by atoms with Crippen LogP contribution in [-0.2, 0) is 11.3 Å². The van der Waals surface area contributed by atoms with Gasteiger partial charge < -0.3 is 14.9 Å². The second-order valence-electron chi connectivity index (χ2n) is 5.30. The van der Waals surface area contributed by atoms with Crippen LogP contribution < -0.4 is 0 Å². The van der Waals surface area contributed by atoms with Gasteiger partial charge in [0.2, 0.25) is 0 Å². The van der Waals surface area contributed by atoms with E-state index in [9.17, 15) is 9.90 Å². The molecular weight excluding hydrogens is 260 g/mol. The minimum Gasteiger partial charge on any atom is -0.477 e. The smallest absolute Gasteiger partial charge is 0.354 e. The van der Waals surface area contributed by atoms with Gasteiger partial charge in [-0.25, -0.2) is 9.78 Å². The number of likely N-dealkylation sites (tertiary alicyclic amines) is 1. The summed E-state index contributed by atoms with van der Waals surface area (Å²) in [4.78, 5) is 17.0. The van der Waals surface area contributed by atoms with Crippen molar-refractivity contribution in [2.24, 2.45) is 0 Å². The number of β-amino-alcohol motifs (C(OH)–C–C–N with tert-alkyl or cyclic N) is 1. The first-order chi connectivity index (χ1) is 9.45. The number of ether oxygens (including phenoxy) is 1. The van der Waals surface area contributed by atoms with Crippen molar-refractivity contribution in [1.29, 1.82) is 0 Å². The Kier molecular flexibility index (Phi) is 4.69. The van der Waals surface area contributed by atoms with Gasteiger partial charge in [-0.3, -0.25) is 4.90 Å². The Morgan fingerprint density at radius 1 is 1.50 bits per heavy atom. The molecule has 1 fully saturated rings. The minimum atomic E-state index is -1.03. The number of aromatic carboxylic acids is 1. The molecule has 0 aromatic carbocycles. The normalized spacial score (nSPS) is 23.4. The highest BCUT2D eigenvalue weighted by Gasteiger charge is 2.32. The molecule has 110 valence electrons. The molecular formula is C14H20N2O4. The van der Waals surface area contributed by atoms with Crippen molar-refractivity contribution >= 4 is 5.97 Å². The average molecular weight is 280 g/mol. The number of rotatable bonds is 5. The quantitative estimate of drug-likeness (QED) is 0.828. The number of carboxylic acid groups (broad SMARTS) is 1. The molecule has 1 aromatic heterocycles. The molecule has 1 aliphatic rings. The maximum atomic E-state index is 10.9. The summed E-state index contributed by atoms with van der Waals surface area (Å²) in [5, 5.41) is 18.9. The van der Waals surface area contributed by atoms with Gasteiger partial charge in [-0.2, -0.15) is 0 Å². The summed E-state index contributed by atoms with van der Waals surface area (Å²) in [5.74, 6) is -1.03. The zero-order valence-corrected chi connectivity index (χ0v) is 11.7. The third-order valence-electron chi connectivity index (χ3n) is 3.17. The largest absolute Gasteiger partial charge is 0.477 e. The molecule has 0 unspecified atom stereocenters. The summed E-state index contributed by atoms with van der Waals surface area (Å²) >= 11 is 0. The number of carbonyl (C=O) groups is 1. The number of pyridine rings is 1. The second kappa shape index (κ2) is 6.30. The number of aliphatic hydroxyl groups is 1. The lowest BCUT2D eigenvalue weighted by atomic mass is 10.2. The summed E-state index contributed by atoms with van der Waals surface area (Å²) in [7, 11) is 0. The van der Waals surface area contributed by atoms with E-state index in [1.54, 1.807) is 12.1 Å². The van der Waals surface area contributed by atoms with Gasteiger partial charge in [0.05, 0.1) is 24.0 Å². The fourth-order valence-electron chi connectivity index (χ4n) is 2.36. The summed E-state index contributed by atoms with van der Waals surface area (Å²) < 4.78 is 5.65. The van der Waals surface area contributed by atoms with Gasteiger partial charge in [0.1, 0.15) is 5.69 Å². The molecule has 6 nitrogen and oxygen atoms in total. The molecule has 2 N–H and O–H groups in total. The fraction of sp³-hybridized carbons (Fsp3) is 0.571. The van der Waals surface area contributed by atoms with E-state index in [4.69, 9.17) is 9.84 Å². The van der Waals surface area contributed by atoms with Gasteiger partial charge in [0.25, 0.3) is 0 Å². The van der Waals surface area contributed by atoms with Crippen molar-refractivity contribution in [1.82, 2.24) is 9.88 Å². The third kappa shape index (κ3) is 3.75. The zero-order chi connectivity index (χ0) is 14.7. The van der Waals surface area contributed by atoms with E-state index in [0.717, 1.165) is 0 Å². The van der Waals surface area contributed by atoms with E-state index >= 15 is 0 Å². The maximum absolute atomic E-state index is 10.9. The van der Waals surface area contributed by atoms with Crippen molar-refractivity contribution < 1.29 is 19.7 Å². The fourth-order valence-corrected chi connectivity index (χ4v) is 2.36. The van der Waals surface area contributed by atoms with E-state index in [1.165, 1.54) is 6.07 Å². The van der Waals surface area contributed by atoms with E-state index in [-0.39, 0.29) is 17.9 Å². The highest BCUT2D eigenvalue weighted by atomic mass is 16.5. The highest BCUT2D eigenvalue weighted by molar-refractivity contribution is 5.85. The predicted octanol–water partition coefficient (Wildman–Crippen LogP) is 0.750. The van der Waals surface area contributed by atoms with Crippen LogP contribution in [0.1, 0.15) is 30.0 Å². The summed E-state index contributed by atoms with van der Waals surface area (Å²) in [6.45, 7) is 5.52. The predicted molar refractivity (Wildman–Crippen MR) is 72.5 cm³/mol. The van der Waals surface area contributed by atoms with Crippen LogP contribution in [-0.4, -0.2) is 57.5 Å². The Morgan fingerprint density at radius 3 is 2.90 bits per heavy atom. The Balaban J connectivity index is 1.97. The number of aromatic nitrogens is 1. The summed E-state index contributed by atoms with van der Waals surface area (Å²) in [6, 6.07) is 4.94. The number of nitrogens with zero attached hydrogens (tertiary/aromatic N) is 2. The molecule has 1 saturated heterocycles. The lowest BCUT2D eigenvalue weighted by Crippen LogP contribution is -2.29. The number of hydrogen-bond donors (Lipinski definition) is 2. The lowest BCUT2D eigenvalue weighted by molar-refractivity contribution is -0.0396. The molecule has 20 heavy (non-hydrogen) atoms. The van der Waals surface area contributed by atoms with Gasteiger partial charge in [-0.1, -0.05) is 6.07 Å². The van der Waals surface area contributed by atoms with Crippen LogP contribution in [0.15, 0.2) is 18.2 Å². The molecule has 2 rings (SSSR count). The molecule has 0 amide bonds. The van der Waals surface area contributed by atoms with E-state index in [0.29, 0.717) is 25.3 Å². The second-order valence-corrected chi connectivity index (χ2v) is 5.30. The van der Waals surface area contributed by atoms with Gasteiger partial charge in [-0.15, -0.1) is 0 Å². The average Bonchev–Trinajstić information content (AvgIpc) is 2.69. The molecule has 1 aliphatic heterocycles. The van der Waals surface area contributed by atoms with Crippen LogP contribution >= 0.6 is 0 Å². The van der Waals surface area contributed by atoms with Crippen LogP contribution in [0.2, 0.25) is 0 Å². The van der Waals surface area contributed by atoms with Crippen molar-refractivity contribution in [3.8, 4) is 0 Å². The van der Waals surface area contributed by atoms with Crippen LogP contribution in [0.3, 0.4) is 0 Å². The van der Waals surface area contributed by atoms with Crippen LogP contribution in [0.4, 0.5) is 0 Å². The first-order valence-corrected chi connectivity index (χ1v) is 6.71. The van der Waals surface area contributed by atoms with Crippen LogP contribution in [0.25, 0.3) is 0 Å². The molecule has 0 aliphatic carbocycles. The monoisotopic (exact) mass is 280 g/mol. The van der Waals surface area contributed by atoms with Gasteiger partial charge in [0.15, 0.2) is 0 Å². The molecule has 0 bridgehead atoms. The summed E-state index contributed by atoms with van der Waals surface area (Å²) in [6.07, 6.45) is -0.638. The Bertz CT molecular complexity index is 478. The molecule has 2 heterocycles. The van der Waals surface area contributed by atoms with Crippen LogP contribution in [0.5, 0.6) is 0 Å². The molecule has 0 radical (unpaired) electrons. The first kappa shape index (κ1) is 14.9. The molecule has 0 spiro atoms. The Morgan fingerprint density at radius 2 is 2.25 bits per heavy atom. The topological polar surface area (TPSA) is 82.9 Å². The number of aliphatic hydroxyl groups excluding tert-OH is 1. The molecule has 6 heteroatoms. The molecule has 0 saturated carbocycles. The van der Waals surface area contributed by atoms with Crippen molar-refractivity contribution in [3.05, 3.63) is 29.6 Å². The van der Waals surface area contributed by atoms with Crippen molar-refractivity contribution in [2.45, 2.75) is 38.7 Å². The zero-order valence-electron chi connectivity index (χ0n) is 11.7. The van der Waals surface area contributed by atoms with Gasteiger partial charge in [-0.05, 0) is 26.0 Å². The van der Waals surface area contributed by atoms with E-state index in [1.807, 2.05) is 18.7 Å². The van der Waals surface area contributed by atoms with E-state index < -0.39 is 12.1 Å². The molecule has 1 aromatic rings. The number of carboxylic acids is 1. The maximum Gasteiger partial charge on any atom is 0.354 e. The first-order valence-electron chi connectivity index (χ1n) is 6.71. The Hall–Kier alpha value is -1.50. The third-order valence-corrected chi connectivity index (χ3v) is 3.17. The van der Waals surface area contributed by atoms with Gasteiger partial charge >= 0.3 is 5.97 Å². The van der Waals surface area contributed by atoms with Crippen LogP contribution in [0, 0.1) is 0 Å². The van der Waals surface area contributed by atoms with Gasteiger partial charge in [0, 0.05) is 19.6 Å². The molecule has 2 atom stereocenters.